The number of hydrogen-bond donors (Lipinski definition) is 0. The van der Waals surface area contributed by atoms with Gasteiger partial charge in [-0.1, -0.05) is 31.2 Å². The number of hydrogen-bond acceptors (Lipinski definition) is 1. The van der Waals surface area contributed by atoms with Crippen LogP contribution in [0.15, 0.2) is 48.5 Å². The molecule has 2 aromatic rings. The summed E-state index contributed by atoms with van der Waals surface area (Å²) in [5.41, 5.74) is 2.66. The third-order valence-corrected chi connectivity index (χ3v) is 2.67. The van der Waals surface area contributed by atoms with Gasteiger partial charge in [0.15, 0.2) is 0 Å². The van der Waals surface area contributed by atoms with E-state index >= 15 is 0 Å². The number of rotatable bonds is 3. The first-order valence-electron chi connectivity index (χ1n) is 5.62. The third-order valence-electron chi connectivity index (χ3n) is 2.67. The average Bonchev–Trinajstić information content (AvgIpc) is 2.31. The lowest BCUT2D eigenvalue weighted by Crippen LogP contribution is -1.89. The fourth-order valence-electron chi connectivity index (χ4n) is 1.75. The first-order chi connectivity index (χ1) is 7.79. The molecule has 82 valence electrons. The van der Waals surface area contributed by atoms with Crippen LogP contribution in [0.25, 0.3) is 0 Å². The van der Waals surface area contributed by atoms with E-state index in [2.05, 4.69) is 26.0 Å². The molecule has 0 saturated heterocycles. The van der Waals surface area contributed by atoms with Crippen LogP contribution < -0.4 is 4.74 Å². The molecule has 0 saturated carbocycles. The summed E-state index contributed by atoms with van der Waals surface area (Å²) in [6.45, 7) is 4.29. The molecule has 0 unspecified atom stereocenters. The molecule has 1 nitrogen and oxygen atoms in total. The normalized spacial score (nSPS) is 10.1. The number of aryl methyl sites for hydroxylation is 2. The number of para-hydroxylation sites is 1. The summed E-state index contributed by atoms with van der Waals surface area (Å²) in [6, 6.07) is 16.1. The predicted molar refractivity (Wildman–Crippen MR) is 67.1 cm³/mol. The lowest BCUT2D eigenvalue weighted by atomic mass is 10.1. The zero-order valence-electron chi connectivity index (χ0n) is 9.73. The lowest BCUT2D eigenvalue weighted by Gasteiger charge is -2.08. The largest absolute Gasteiger partial charge is 0.457 e. The summed E-state index contributed by atoms with van der Waals surface area (Å²) in [5, 5.41) is 0. The molecule has 0 aromatic heterocycles. The maximum atomic E-state index is 5.76. The first-order valence-corrected chi connectivity index (χ1v) is 5.62. The van der Waals surface area contributed by atoms with Crippen LogP contribution in [0.5, 0.6) is 11.5 Å². The first kappa shape index (κ1) is 10.7. The van der Waals surface area contributed by atoms with E-state index in [0.29, 0.717) is 0 Å². The minimum absolute atomic E-state index is 0.881. The molecule has 0 aliphatic carbocycles. The third kappa shape index (κ3) is 2.43. The van der Waals surface area contributed by atoms with Gasteiger partial charge in [0.2, 0.25) is 0 Å². The van der Waals surface area contributed by atoms with E-state index in [1.54, 1.807) is 0 Å². The molecule has 2 aromatic carbocycles. The van der Waals surface area contributed by atoms with E-state index < -0.39 is 0 Å². The molecule has 0 bridgehead atoms. The Morgan fingerprint density at radius 2 is 1.69 bits per heavy atom. The van der Waals surface area contributed by atoms with E-state index in [1.807, 2.05) is 36.4 Å². The second-order valence-electron chi connectivity index (χ2n) is 3.86. The van der Waals surface area contributed by atoms with Crippen molar-refractivity contribution in [2.75, 3.05) is 0 Å². The highest BCUT2D eigenvalue weighted by Crippen LogP contribution is 2.23. The van der Waals surface area contributed by atoms with Crippen molar-refractivity contribution >= 4 is 0 Å². The zero-order valence-corrected chi connectivity index (χ0v) is 9.73. The van der Waals surface area contributed by atoms with Gasteiger partial charge >= 0.3 is 0 Å². The summed E-state index contributed by atoms with van der Waals surface area (Å²) >= 11 is 0. The minimum atomic E-state index is 0.881. The summed E-state index contributed by atoms with van der Waals surface area (Å²) < 4.78 is 5.76. The Bertz CT molecular complexity index is 460. The predicted octanol–water partition coefficient (Wildman–Crippen LogP) is 4.35. The summed E-state index contributed by atoms with van der Waals surface area (Å²) in [6.07, 6.45) is 1.07. The smallest absolute Gasteiger partial charge is 0.127 e. The highest BCUT2D eigenvalue weighted by molar-refractivity contribution is 5.37. The molecule has 0 N–H and O–H groups in total. The Labute approximate surface area is 96.7 Å². The van der Waals surface area contributed by atoms with Crippen molar-refractivity contribution < 1.29 is 4.74 Å². The van der Waals surface area contributed by atoms with Crippen molar-refractivity contribution in [2.45, 2.75) is 20.3 Å². The summed E-state index contributed by atoms with van der Waals surface area (Å²) in [4.78, 5) is 0. The van der Waals surface area contributed by atoms with Crippen LogP contribution in [-0.4, -0.2) is 0 Å². The van der Waals surface area contributed by atoms with Gasteiger partial charge in [0.05, 0.1) is 0 Å². The molecule has 0 aliphatic rings. The van der Waals surface area contributed by atoms with Crippen molar-refractivity contribution in [3.8, 4) is 11.5 Å². The fourth-order valence-corrected chi connectivity index (χ4v) is 1.75. The highest BCUT2D eigenvalue weighted by atomic mass is 16.5. The van der Waals surface area contributed by atoms with E-state index in [9.17, 15) is 0 Å². The van der Waals surface area contributed by atoms with Crippen LogP contribution in [0.4, 0.5) is 0 Å². The standard InChI is InChI=1S/C15H16O/c1-3-13-9-10-15(11-12(13)2)16-14-7-5-4-6-8-14/h4-11H,3H2,1-2H3. The summed E-state index contributed by atoms with van der Waals surface area (Å²) in [7, 11) is 0. The Morgan fingerprint density at radius 3 is 2.31 bits per heavy atom. The summed E-state index contributed by atoms with van der Waals surface area (Å²) in [5.74, 6) is 1.78. The van der Waals surface area contributed by atoms with Gasteiger partial charge in [0.25, 0.3) is 0 Å². The van der Waals surface area contributed by atoms with E-state index in [-0.39, 0.29) is 0 Å². The molecular weight excluding hydrogens is 196 g/mol. The van der Waals surface area contributed by atoms with Gasteiger partial charge in [-0.3, -0.25) is 0 Å². The molecule has 16 heavy (non-hydrogen) atoms. The monoisotopic (exact) mass is 212 g/mol. The van der Waals surface area contributed by atoms with Crippen molar-refractivity contribution in [3.63, 3.8) is 0 Å². The molecule has 0 spiro atoms. The quantitative estimate of drug-likeness (QED) is 0.735. The molecule has 0 fully saturated rings. The Morgan fingerprint density at radius 1 is 0.938 bits per heavy atom. The van der Waals surface area contributed by atoms with Gasteiger partial charge in [-0.25, -0.2) is 0 Å². The topological polar surface area (TPSA) is 9.23 Å². The van der Waals surface area contributed by atoms with E-state index in [0.717, 1.165) is 17.9 Å². The second kappa shape index (κ2) is 4.84. The molecular formula is C15H16O. The van der Waals surface area contributed by atoms with Gasteiger partial charge in [0, 0.05) is 0 Å². The Balaban J connectivity index is 2.20. The van der Waals surface area contributed by atoms with E-state index in [1.165, 1.54) is 11.1 Å². The SMILES string of the molecule is CCc1ccc(Oc2ccccc2)cc1C. The molecule has 1 heteroatoms. The van der Waals surface area contributed by atoms with Crippen LogP contribution in [-0.2, 0) is 6.42 Å². The van der Waals surface area contributed by atoms with Crippen molar-refractivity contribution in [1.29, 1.82) is 0 Å². The van der Waals surface area contributed by atoms with Gasteiger partial charge in [-0.15, -0.1) is 0 Å². The maximum Gasteiger partial charge on any atom is 0.127 e. The Hall–Kier alpha value is -1.76. The highest BCUT2D eigenvalue weighted by Gasteiger charge is 2.00. The van der Waals surface area contributed by atoms with Gasteiger partial charge in [0.1, 0.15) is 11.5 Å². The molecule has 0 amide bonds. The number of ether oxygens (including phenoxy) is 1. The van der Waals surface area contributed by atoms with Crippen molar-refractivity contribution in [2.24, 2.45) is 0 Å². The zero-order chi connectivity index (χ0) is 11.4. The van der Waals surface area contributed by atoms with Crippen molar-refractivity contribution in [3.05, 3.63) is 59.7 Å². The lowest BCUT2D eigenvalue weighted by molar-refractivity contribution is 0.482. The fraction of sp³-hybridized carbons (Fsp3) is 0.200. The van der Waals surface area contributed by atoms with Gasteiger partial charge in [-0.2, -0.15) is 0 Å². The number of benzene rings is 2. The van der Waals surface area contributed by atoms with Crippen LogP contribution in [0.2, 0.25) is 0 Å². The molecule has 0 aliphatic heterocycles. The second-order valence-corrected chi connectivity index (χ2v) is 3.86. The van der Waals surface area contributed by atoms with Crippen molar-refractivity contribution in [1.82, 2.24) is 0 Å². The molecule has 0 radical (unpaired) electrons. The minimum Gasteiger partial charge on any atom is -0.457 e. The van der Waals surface area contributed by atoms with Crippen LogP contribution in [0, 0.1) is 6.92 Å². The van der Waals surface area contributed by atoms with E-state index in [4.69, 9.17) is 4.74 Å². The average molecular weight is 212 g/mol. The van der Waals surface area contributed by atoms with Crippen LogP contribution in [0.1, 0.15) is 18.1 Å². The maximum absolute atomic E-state index is 5.76. The van der Waals surface area contributed by atoms with Gasteiger partial charge in [-0.05, 0) is 48.7 Å². The molecule has 0 atom stereocenters. The molecule has 0 heterocycles. The Kier molecular flexibility index (Phi) is 3.25. The van der Waals surface area contributed by atoms with Crippen LogP contribution >= 0.6 is 0 Å². The van der Waals surface area contributed by atoms with Gasteiger partial charge < -0.3 is 4.74 Å². The molecule has 2 rings (SSSR count). The van der Waals surface area contributed by atoms with Crippen LogP contribution in [0.3, 0.4) is 0 Å².